The lowest BCUT2D eigenvalue weighted by Gasteiger charge is -2.20. The van der Waals surface area contributed by atoms with Crippen LogP contribution in [-0.2, 0) is 13.1 Å². The Morgan fingerprint density at radius 1 is 1.11 bits per heavy atom. The summed E-state index contributed by atoms with van der Waals surface area (Å²) in [5.41, 5.74) is 2.32. The van der Waals surface area contributed by atoms with Crippen LogP contribution in [0.4, 0.5) is 0 Å². The molecule has 0 spiro atoms. The van der Waals surface area contributed by atoms with Crippen molar-refractivity contribution in [3.8, 4) is 0 Å². The molecule has 0 saturated heterocycles. The molecule has 0 atom stereocenters. The lowest BCUT2D eigenvalue weighted by Crippen LogP contribution is -2.22. The molecule has 0 aliphatic rings. The van der Waals surface area contributed by atoms with Crippen LogP contribution in [0.1, 0.15) is 18.1 Å². The van der Waals surface area contributed by atoms with E-state index in [1.165, 1.54) is 5.56 Å². The van der Waals surface area contributed by atoms with Crippen LogP contribution in [0.5, 0.6) is 0 Å². The Bertz CT molecular complexity index is 487. The standard InChI is InChI=1S/C14H16ClN3/c1-2-18(10-12-5-8-16-9-6-12)11-13-4-3-7-17-14(13)15/h3-9H,2,10-11H2,1H3. The van der Waals surface area contributed by atoms with Crippen LogP contribution in [0.3, 0.4) is 0 Å². The Hall–Kier alpha value is -1.45. The molecule has 0 bridgehead atoms. The molecule has 2 heterocycles. The van der Waals surface area contributed by atoms with E-state index in [1.807, 2.05) is 36.7 Å². The van der Waals surface area contributed by atoms with Crippen molar-refractivity contribution in [1.29, 1.82) is 0 Å². The van der Waals surface area contributed by atoms with Crippen LogP contribution in [0, 0.1) is 0 Å². The van der Waals surface area contributed by atoms with Gasteiger partial charge in [0.1, 0.15) is 5.15 Å². The highest BCUT2D eigenvalue weighted by atomic mass is 35.5. The average Bonchev–Trinajstić information content (AvgIpc) is 2.41. The number of halogens is 1. The van der Waals surface area contributed by atoms with E-state index in [1.54, 1.807) is 6.20 Å². The quantitative estimate of drug-likeness (QED) is 0.775. The average molecular weight is 262 g/mol. The van der Waals surface area contributed by atoms with E-state index in [0.717, 1.165) is 25.2 Å². The van der Waals surface area contributed by atoms with Crippen molar-refractivity contribution in [2.45, 2.75) is 20.0 Å². The fraction of sp³-hybridized carbons (Fsp3) is 0.286. The number of pyridine rings is 2. The highest BCUT2D eigenvalue weighted by molar-refractivity contribution is 6.30. The van der Waals surface area contributed by atoms with E-state index >= 15 is 0 Å². The lowest BCUT2D eigenvalue weighted by atomic mass is 10.2. The maximum absolute atomic E-state index is 6.08. The number of aromatic nitrogens is 2. The molecule has 0 radical (unpaired) electrons. The largest absolute Gasteiger partial charge is 0.295 e. The first-order valence-electron chi connectivity index (χ1n) is 6.00. The zero-order valence-corrected chi connectivity index (χ0v) is 11.1. The summed E-state index contributed by atoms with van der Waals surface area (Å²) in [6.07, 6.45) is 5.35. The summed E-state index contributed by atoms with van der Waals surface area (Å²) in [5, 5.41) is 0.589. The Balaban J connectivity index is 2.04. The van der Waals surface area contributed by atoms with Gasteiger partial charge < -0.3 is 0 Å². The summed E-state index contributed by atoms with van der Waals surface area (Å²) >= 11 is 6.08. The van der Waals surface area contributed by atoms with E-state index < -0.39 is 0 Å². The molecule has 2 aromatic rings. The zero-order chi connectivity index (χ0) is 12.8. The van der Waals surface area contributed by atoms with E-state index in [9.17, 15) is 0 Å². The van der Waals surface area contributed by atoms with Crippen LogP contribution in [0.15, 0.2) is 42.9 Å². The van der Waals surface area contributed by atoms with Gasteiger partial charge in [0.25, 0.3) is 0 Å². The molecule has 94 valence electrons. The fourth-order valence-electron chi connectivity index (χ4n) is 1.80. The second kappa shape index (κ2) is 6.47. The first-order valence-corrected chi connectivity index (χ1v) is 6.38. The third-order valence-corrected chi connectivity index (χ3v) is 3.17. The van der Waals surface area contributed by atoms with Crippen molar-refractivity contribution in [1.82, 2.24) is 14.9 Å². The third kappa shape index (κ3) is 3.52. The predicted molar refractivity (Wildman–Crippen MR) is 73.3 cm³/mol. The minimum atomic E-state index is 0.589. The number of hydrogen-bond acceptors (Lipinski definition) is 3. The number of nitrogens with zero attached hydrogens (tertiary/aromatic N) is 3. The van der Waals surface area contributed by atoms with Gasteiger partial charge in [0.05, 0.1) is 0 Å². The van der Waals surface area contributed by atoms with Crippen molar-refractivity contribution in [3.05, 3.63) is 59.1 Å². The molecular formula is C14H16ClN3. The monoisotopic (exact) mass is 261 g/mol. The van der Waals surface area contributed by atoms with Crippen molar-refractivity contribution < 1.29 is 0 Å². The van der Waals surface area contributed by atoms with Gasteiger partial charge in [0, 0.05) is 37.2 Å². The highest BCUT2D eigenvalue weighted by Crippen LogP contribution is 2.15. The number of rotatable bonds is 5. The maximum atomic E-state index is 6.08. The minimum Gasteiger partial charge on any atom is -0.295 e. The molecule has 0 unspecified atom stereocenters. The van der Waals surface area contributed by atoms with Gasteiger partial charge in [-0.2, -0.15) is 0 Å². The molecule has 0 saturated carbocycles. The Kier molecular flexibility index (Phi) is 4.67. The summed E-state index contributed by atoms with van der Waals surface area (Å²) in [7, 11) is 0. The van der Waals surface area contributed by atoms with Crippen molar-refractivity contribution in [3.63, 3.8) is 0 Å². The van der Waals surface area contributed by atoms with Crippen LogP contribution >= 0.6 is 11.6 Å². The molecule has 2 aromatic heterocycles. The molecule has 0 fully saturated rings. The van der Waals surface area contributed by atoms with Crippen LogP contribution in [0.2, 0.25) is 5.15 Å². The molecule has 3 nitrogen and oxygen atoms in total. The summed E-state index contributed by atoms with van der Waals surface area (Å²) in [5.74, 6) is 0. The van der Waals surface area contributed by atoms with Gasteiger partial charge in [-0.25, -0.2) is 4.98 Å². The second-order valence-electron chi connectivity index (χ2n) is 4.11. The molecule has 0 N–H and O–H groups in total. The highest BCUT2D eigenvalue weighted by Gasteiger charge is 2.07. The molecule has 0 aliphatic heterocycles. The summed E-state index contributed by atoms with van der Waals surface area (Å²) in [6.45, 7) is 4.81. The van der Waals surface area contributed by atoms with Gasteiger partial charge >= 0.3 is 0 Å². The molecule has 18 heavy (non-hydrogen) atoms. The number of hydrogen-bond donors (Lipinski definition) is 0. The Morgan fingerprint density at radius 2 is 1.89 bits per heavy atom. The Labute approximate surface area is 112 Å². The van der Waals surface area contributed by atoms with Crippen molar-refractivity contribution in [2.75, 3.05) is 6.54 Å². The first kappa shape index (κ1) is 13.0. The zero-order valence-electron chi connectivity index (χ0n) is 10.4. The maximum Gasteiger partial charge on any atom is 0.133 e. The normalized spacial score (nSPS) is 10.8. The predicted octanol–water partition coefficient (Wildman–Crippen LogP) is 3.15. The SMILES string of the molecule is CCN(Cc1ccncc1)Cc1cccnc1Cl. The smallest absolute Gasteiger partial charge is 0.133 e. The van der Waals surface area contributed by atoms with Gasteiger partial charge in [-0.05, 0) is 30.3 Å². The molecule has 2 rings (SSSR count). The molecule has 0 aliphatic carbocycles. The van der Waals surface area contributed by atoms with Crippen LogP contribution < -0.4 is 0 Å². The first-order chi connectivity index (χ1) is 8.79. The summed E-state index contributed by atoms with van der Waals surface area (Å²) < 4.78 is 0. The van der Waals surface area contributed by atoms with Crippen LogP contribution in [-0.4, -0.2) is 21.4 Å². The van der Waals surface area contributed by atoms with E-state index in [0.29, 0.717) is 5.15 Å². The van der Waals surface area contributed by atoms with E-state index in [2.05, 4.69) is 21.8 Å². The van der Waals surface area contributed by atoms with Crippen LogP contribution in [0.25, 0.3) is 0 Å². The van der Waals surface area contributed by atoms with Gasteiger partial charge in [-0.15, -0.1) is 0 Å². The van der Waals surface area contributed by atoms with Gasteiger partial charge in [-0.1, -0.05) is 24.6 Å². The Morgan fingerprint density at radius 3 is 2.56 bits per heavy atom. The molecule has 0 aromatic carbocycles. The minimum absolute atomic E-state index is 0.589. The molecule has 4 heteroatoms. The molecular weight excluding hydrogens is 246 g/mol. The van der Waals surface area contributed by atoms with Gasteiger partial charge in [-0.3, -0.25) is 9.88 Å². The fourth-order valence-corrected chi connectivity index (χ4v) is 1.98. The van der Waals surface area contributed by atoms with Crippen molar-refractivity contribution in [2.24, 2.45) is 0 Å². The topological polar surface area (TPSA) is 29.0 Å². The summed E-state index contributed by atoms with van der Waals surface area (Å²) in [4.78, 5) is 10.4. The lowest BCUT2D eigenvalue weighted by molar-refractivity contribution is 0.271. The van der Waals surface area contributed by atoms with E-state index in [-0.39, 0.29) is 0 Å². The molecule has 0 amide bonds. The van der Waals surface area contributed by atoms with E-state index in [4.69, 9.17) is 11.6 Å². The van der Waals surface area contributed by atoms with Crippen molar-refractivity contribution >= 4 is 11.6 Å². The van der Waals surface area contributed by atoms with Gasteiger partial charge in [0.15, 0.2) is 0 Å². The van der Waals surface area contributed by atoms with Gasteiger partial charge in [0.2, 0.25) is 0 Å². The third-order valence-electron chi connectivity index (χ3n) is 2.83. The second-order valence-corrected chi connectivity index (χ2v) is 4.47. The summed E-state index contributed by atoms with van der Waals surface area (Å²) in [6, 6.07) is 8.01.